The van der Waals surface area contributed by atoms with Gasteiger partial charge < -0.3 is 4.90 Å². The van der Waals surface area contributed by atoms with Gasteiger partial charge in [-0.3, -0.25) is 14.2 Å². The first-order valence-corrected chi connectivity index (χ1v) is 7.96. The number of carbonyl (C=O) groups excluding carboxylic acids is 2. The molecular formula is C17H19ClN2O2. The summed E-state index contributed by atoms with van der Waals surface area (Å²) in [6.07, 6.45) is 3.84. The summed E-state index contributed by atoms with van der Waals surface area (Å²) in [6, 6.07) is 5.30. The second-order valence-electron chi connectivity index (χ2n) is 6.09. The summed E-state index contributed by atoms with van der Waals surface area (Å²) in [4.78, 5) is 26.6. The van der Waals surface area contributed by atoms with Crippen LogP contribution in [0.4, 0.5) is 0 Å². The van der Waals surface area contributed by atoms with Crippen molar-refractivity contribution in [3.63, 3.8) is 0 Å². The van der Waals surface area contributed by atoms with Gasteiger partial charge in [-0.2, -0.15) is 0 Å². The lowest BCUT2D eigenvalue weighted by Crippen LogP contribution is -2.39. The molecule has 3 rings (SSSR count). The first kappa shape index (κ1) is 15.1. The highest BCUT2D eigenvalue weighted by molar-refractivity contribution is 6.31. The van der Waals surface area contributed by atoms with Gasteiger partial charge in [-0.25, -0.2) is 0 Å². The molecule has 1 aliphatic rings. The Morgan fingerprint density at radius 2 is 2.09 bits per heavy atom. The van der Waals surface area contributed by atoms with Crippen molar-refractivity contribution < 1.29 is 9.59 Å². The van der Waals surface area contributed by atoms with Crippen molar-refractivity contribution in [1.82, 2.24) is 9.47 Å². The smallest absolute Gasteiger partial charge is 0.256 e. The Balaban J connectivity index is 2.06. The largest absolute Gasteiger partial charge is 0.338 e. The van der Waals surface area contributed by atoms with Gasteiger partial charge in [-0.15, -0.1) is 0 Å². The zero-order valence-corrected chi connectivity index (χ0v) is 13.6. The lowest BCUT2D eigenvalue weighted by molar-refractivity contribution is 0.0685. The molecule has 22 heavy (non-hydrogen) atoms. The second-order valence-corrected chi connectivity index (χ2v) is 6.53. The average molecular weight is 319 g/mol. The standard InChI is InChI=1S/C17H19ClN2O2/c1-11-4-3-7-19(9-11)17(22)15-10-20(12(2)21)16-8-13(18)5-6-14(15)16/h5-6,8,10-11H,3-4,7,9H2,1-2H3. The minimum Gasteiger partial charge on any atom is -0.338 e. The number of rotatable bonds is 1. The Labute approximate surface area is 134 Å². The molecule has 1 aromatic carbocycles. The number of benzene rings is 1. The molecule has 0 aliphatic carbocycles. The molecule has 1 atom stereocenters. The number of hydrogen-bond acceptors (Lipinski definition) is 2. The number of carbonyl (C=O) groups is 2. The molecule has 0 spiro atoms. The molecule has 0 radical (unpaired) electrons. The number of piperidine rings is 1. The van der Waals surface area contributed by atoms with Crippen molar-refractivity contribution in [3.8, 4) is 0 Å². The quantitative estimate of drug-likeness (QED) is 0.802. The summed E-state index contributed by atoms with van der Waals surface area (Å²) in [5.74, 6) is 0.394. The summed E-state index contributed by atoms with van der Waals surface area (Å²) in [7, 11) is 0. The lowest BCUT2D eigenvalue weighted by atomic mass is 9.99. The summed E-state index contributed by atoms with van der Waals surface area (Å²) in [5, 5.41) is 1.33. The van der Waals surface area contributed by atoms with Crippen molar-refractivity contribution in [1.29, 1.82) is 0 Å². The van der Waals surface area contributed by atoms with Crippen LogP contribution in [0.25, 0.3) is 10.9 Å². The molecule has 2 aromatic rings. The van der Waals surface area contributed by atoms with E-state index in [9.17, 15) is 9.59 Å². The molecule has 5 heteroatoms. The highest BCUT2D eigenvalue weighted by atomic mass is 35.5. The minimum atomic E-state index is -0.127. The number of hydrogen-bond donors (Lipinski definition) is 0. The van der Waals surface area contributed by atoms with Crippen molar-refractivity contribution in [3.05, 3.63) is 35.0 Å². The van der Waals surface area contributed by atoms with E-state index in [0.717, 1.165) is 31.3 Å². The summed E-state index contributed by atoms with van der Waals surface area (Å²) >= 11 is 6.03. The zero-order chi connectivity index (χ0) is 15.9. The lowest BCUT2D eigenvalue weighted by Gasteiger charge is -2.30. The molecule has 1 unspecified atom stereocenters. The van der Waals surface area contributed by atoms with Gasteiger partial charge in [0.25, 0.3) is 5.91 Å². The van der Waals surface area contributed by atoms with Crippen LogP contribution in [-0.4, -0.2) is 34.4 Å². The third kappa shape index (κ3) is 2.63. The van der Waals surface area contributed by atoms with Crippen LogP contribution < -0.4 is 0 Å². The molecule has 0 bridgehead atoms. The molecule has 1 amide bonds. The van der Waals surface area contributed by atoms with Crippen LogP contribution in [0.3, 0.4) is 0 Å². The maximum Gasteiger partial charge on any atom is 0.256 e. The van der Waals surface area contributed by atoms with Crippen LogP contribution in [-0.2, 0) is 0 Å². The van der Waals surface area contributed by atoms with E-state index in [1.165, 1.54) is 11.5 Å². The predicted molar refractivity (Wildman–Crippen MR) is 87.6 cm³/mol. The van der Waals surface area contributed by atoms with E-state index in [-0.39, 0.29) is 11.8 Å². The van der Waals surface area contributed by atoms with Gasteiger partial charge in [0.1, 0.15) is 0 Å². The van der Waals surface area contributed by atoms with Crippen molar-refractivity contribution in [2.75, 3.05) is 13.1 Å². The molecule has 0 saturated carbocycles. The highest BCUT2D eigenvalue weighted by Crippen LogP contribution is 2.27. The molecule has 4 nitrogen and oxygen atoms in total. The van der Waals surface area contributed by atoms with E-state index in [2.05, 4.69) is 6.92 Å². The van der Waals surface area contributed by atoms with E-state index in [1.54, 1.807) is 18.3 Å². The van der Waals surface area contributed by atoms with E-state index in [1.807, 2.05) is 11.0 Å². The summed E-state index contributed by atoms with van der Waals surface area (Å²) in [6.45, 7) is 5.21. The van der Waals surface area contributed by atoms with Crippen LogP contribution in [0, 0.1) is 5.92 Å². The van der Waals surface area contributed by atoms with Crippen LogP contribution in [0.2, 0.25) is 5.02 Å². The molecule has 116 valence electrons. The Kier molecular flexibility index (Phi) is 3.96. The molecule has 2 heterocycles. The SMILES string of the molecule is CC(=O)n1cc(C(=O)N2CCCC(C)C2)c2ccc(Cl)cc21. The van der Waals surface area contributed by atoms with Gasteiger partial charge in [0.2, 0.25) is 5.91 Å². The average Bonchev–Trinajstić information content (AvgIpc) is 2.85. The van der Waals surface area contributed by atoms with Crippen LogP contribution in [0.5, 0.6) is 0 Å². The summed E-state index contributed by atoms with van der Waals surface area (Å²) < 4.78 is 1.50. The predicted octanol–water partition coefficient (Wildman–Crippen LogP) is 3.83. The molecule has 1 aliphatic heterocycles. The molecule has 1 aromatic heterocycles. The number of likely N-dealkylation sites (tertiary alicyclic amines) is 1. The topological polar surface area (TPSA) is 42.3 Å². The molecular weight excluding hydrogens is 300 g/mol. The van der Waals surface area contributed by atoms with E-state index < -0.39 is 0 Å². The fraction of sp³-hybridized carbons (Fsp3) is 0.412. The number of aromatic nitrogens is 1. The minimum absolute atomic E-state index is 0.00104. The number of halogens is 1. The third-order valence-electron chi connectivity index (χ3n) is 4.28. The van der Waals surface area contributed by atoms with Crippen LogP contribution >= 0.6 is 11.6 Å². The number of amides is 1. The van der Waals surface area contributed by atoms with E-state index in [4.69, 9.17) is 11.6 Å². The Morgan fingerprint density at radius 1 is 1.32 bits per heavy atom. The van der Waals surface area contributed by atoms with E-state index in [0.29, 0.717) is 22.0 Å². The first-order valence-electron chi connectivity index (χ1n) is 7.58. The Bertz CT molecular complexity index is 750. The second kappa shape index (κ2) is 5.76. The molecule has 0 N–H and O–H groups in total. The maximum absolute atomic E-state index is 12.8. The van der Waals surface area contributed by atoms with Gasteiger partial charge in [0.05, 0.1) is 11.1 Å². The van der Waals surface area contributed by atoms with E-state index >= 15 is 0 Å². The van der Waals surface area contributed by atoms with Crippen molar-refractivity contribution in [2.24, 2.45) is 5.92 Å². The maximum atomic E-state index is 12.8. The van der Waals surface area contributed by atoms with Gasteiger partial charge >= 0.3 is 0 Å². The summed E-state index contributed by atoms with van der Waals surface area (Å²) in [5.41, 5.74) is 1.27. The normalized spacial score (nSPS) is 18.7. The fourth-order valence-corrected chi connectivity index (χ4v) is 3.34. The number of nitrogens with zero attached hydrogens (tertiary/aromatic N) is 2. The Morgan fingerprint density at radius 3 is 2.77 bits per heavy atom. The zero-order valence-electron chi connectivity index (χ0n) is 12.8. The van der Waals surface area contributed by atoms with Gasteiger partial charge in [-0.1, -0.05) is 24.6 Å². The van der Waals surface area contributed by atoms with Gasteiger partial charge in [-0.05, 0) is 30.9 Å². The monoisotopic (exact) mass is 318 g/mol. The molecule has 1 fully saturated rings. The van der Waals surface area contributed by atoms with Crippen LogP contribution in [0.1, 0.15) is 41.8 Å². The fourth-order valence-electron chi connectivity index (χ4n) is 3.18. The third-order valence-corrected chi connectivity index (χ3v) is 4.52. The van der Waals surface area contributed by atoms with Crippen LogP contribution in [0.15, 0.2) is 24.4 Å². The molecule has 1 saturated heterocycles. The van der Waals surface area contributed by atoms with Gasteiger partial charge in [0, 0.05) is 36.6 Å². The number of fused-ring (bicyclic) bond motifs is 1. The Hall–Kier alpha value is -1.81. The van der Waals surface area contributed by atoms with Crippen molar-refractivity contribution in [2.45, 2.75) is 26.7 Å². The first-order chi connectivity index (χ1) is 10.5. The highest BCUT2D eigenvalue weighted by Gasteiger charge is 2.25. The van der Waals surface area contributed by atoms with Crippen molar-refractivity contribution >= 4 is 34.3 Å². The van der Waals surface area contributed by atoms with Gasteiger partial charge in [0.15, 0.2) is 0 Å².